The topological polar surface area (TPSA) is 63.2 Å². The lowest BCUT2D eigenvalue weighted by atomic mass is 10.5. The molecule has 0 saturated carbocycles. The number of aryl methyl sites for hydroxylation is 1. The fourth-order valence-corrected chi connectivity index (χ4v) is 1.85. The van der Waals surface area contributed by atoms with Crippen molar-refractivity contribution in [2.24, 2.45) is 0 Å². The third kappa shape index (κ3) is 8.66. The van der Waals surface area contributed by atoms with Crippen LogP contribution in [0.3, 0.4) is 0 Å². The molecule has 106 valence electrons. The Labute approximate surface area is 124 Å². The van der Waals surface area contributed by atoms with Gasteiger partial charge >= 0.3 is 0 Å². The molecule has 5 nitrogen and oxygen atoms in total. The molecule has 0 unspecified atom stereocenters. The van der Waals surface area contributed by atoms with Crippen molar-refractivity contribution >= 4 is 42.1 Å². The van der Waals surface area contributed by atoms with E-state index in [-0.39, 0.29) is 30.7 Å². The monoisotopic (exact) mass is 315 g/mol. The van der Waals surface area contributed by atoms with E-state index in [4.69, 9.17) is 4.74 Å². The zero-order chi connectivity index (χ0) is 11.8. The Hall–Kier alpha value is -0.400. The summed E-state index contributed by atoms with van der Waals surface area (Å²) in [6, 6.07) is 0. The van der Waals surface area contributed by atoms with Crippen LogP contribution in [0.25, 0.3) is 0 Å². The Bertz CT molecular complexity index is 337. The highest BCUT2D eigenvalue weighted by molar-refractivity contribution is 7.11. The molecule has 1 amide bonds. The van der Waals surface area contributed by atoms with E-state index in [1.807, 2.05) is 6.92 Å². The standard InChI is InChI=1S/C10H17N3O2S.2ClH/c1-8-12-5-9(16-8)6-13-10(14)7-11-3-4-15-2;;/h5,11H,3-4,6-7H2,1-2H3,(H,13,14);2*1H. The second-order valence-electron chi connectivity index (χ2n) is 3.29. The fraction of sp³-hybridized carbons (Fsp3) is 0.600. The molecule has 1 rings (SSSR count). The Balaban J connectivity index is 0. The molecule has 18 heavy (non-hydrogen) atoms. The second kappa shape index (κ2) is 11.7. The number of carbonyl (C=O) groups is 1. The molecule has 8 heteroatoms. The first-order chi connectivity index (χ1) is 7.72. The predicted molar refractivity (Wildman–Crippen MR) is 77.9 cm³/mol. The first-order valence-electron chi connectivity index (χ1n) is 5.10. The molecule has 1 aromatic heterocycles. The SMILES string of the molecule is COCCNCC(=O)NCc1cnc(C)s1.Cl.Cl. The Morgan fingerprint density at radius 2 is 2.22 bits per heavy atom. The van der Waals surface area contributed by atoms with Gasteiger partial charge in [0.15, 0.2) is 0 Å². The molecule has 0 atom stereocenters. The average Bonchev–Trinajstić information content (AvgIpc) is 2.68. The van der Waals surface area contributed by atoms with Crippen LogP contribution in [0, 0.1) is 6.92 Å². The molecule has 0 aromatic carbocycles. The van der Waals surface area contributed by atoms with Gasteiger partial charge in [0.25, 0.3) is 0 Å². The summed E-state index contributed by atoms with van der Waals surface area (Å²) in [5.41, 5.74) is 0. The van der Waals surface area contributed by atoms with Crippen molar-refractivity contribution in [2.75, 3.05) is 26.8 Å². The summed E-state index contributed by atoms with van der Waals surface area (Å²) in [5, 5.41) is 6.81. The number of hydrogen-bond donors (Lipinski definition) is 2. The van der Waals surface area contributed by atoms with Crippen LogP contribution >= 0.6 is 36.2 Å². The summed E-state index contributed by atoms with van der Waals surface area (Å²) in [7, 11) is 1.63. The summed E-state index contributed by atoms with van der Waals surface area (Å²) in [6.07, 6.45) is 1.79. The minimum atomic E-state index is -0.0119. The predicted octanol–water partition coefficient (Wildman–Crippen LogP) is 1.15. The number of amides is 1. The van der Waals surface area contributed by atoms with Crippen molar-refractivity contribution in [2.45, 2.75) is 13.5 Å². The normalized spacial score (nSPS) is 9.22. The number of thiazole rings is 1. The van der Waals surface area contributed by atoms with Crippen molar-refractivity contribution in [1.29, 1.82) is 0 Å². The molecule has 0 aliphatic heterocycles. The van der Waals surface area contributed by atoms with Crippen molar-refractivity contribution in [3.05, 3.63) is 16.1 Å². The van der Waals surface area contributed by atoms with E-state index in [2.05, 4.69) is 15.6 Å². The molecule has 0 radical (unpaired) electrons. The molecular weight excluding hydrogens is 297 g/mol. The van der Waals surface area contributed by atoms with Gasteiger partial charge in [-0.25, -0.2) is 4.98 Å². The molecule has 1 aromatic rings. The molecule has 0 bridgehead atoms. The van der Waals surface area contributed by atoms with E-state index >= 15 is 0 Å². The first kappa shape index (κ1) is 19.9. The van der Waals surface area contributed by atoms with Gasteiger partial charge in [0, 0.05) is 24.7 Å². The lowest BCUT2D eigenvalue weighted by molar-refractivity contribution is -0.120. The number of ether oxygens (including phenoxy) is 1. The third-order valence-corrected chi connectivity index (χ3v) is 2.81. The van der Waals surface area contributed by atoms with Gasteiger partial charge in [-0.15, -0.1) is 36.2 Å². The van der Waals surface area contributed by atoms with Gasteiger partial charge in [-0.1, -0.05) is 0 Å². The van der Waals surface area contributed by atoms with Gasteiger partial charge in [-0.2, -0.15) is 0 Å². The number of methoxy groups -OCH3 is 1. The summed E-state index contributed by atoms with van der Waals surface area (Å²) in [5.74, 6) is -0.0119. The van der Waals surface area contributed by atoms with E-state index in [0.717, 1.165) is 9.88 Å². The zero-order valence-electron chi connectivity index (χ0n) is 10.4. The summed E-state index contributed by atoms with van der Waals surface area (Å²) in [4.78, 5) is 16.5. The molecule has 0 saturated heterocycles. The molecule has 0 aliphatic carbocycles. The number of nitrogens with zero attached hydrogens (tertiary/aromatic N) is 1. The molecule has 2 N–H and O–H groups in total. The largest absolute Gasteiger partial charge is 0.383 e. The smallest absolute Gasteiger partial charge is 0.234 e. The highest BCUT2D eigenvalue weighted by atomic mass is 35.5. The van der Waals surface area contributed by atoms with Crippen LogP contribution in [0.1, 0.15) is 9.88 Å². The van der Waals surface area contributed by atoms with Crippen LogP contribution in [0.5, 0.6) is 0 Å². The van der Waals surface area contributed by atoms with Crippen LogP contribution in [0.4, 0.5) is 0 Å². The van der Waals surface area contributed by atoms with Crippen molar-refractivity contribution in [3.63, 3.8) is 0 Å². The van der Waals surface area contributed by atoms with Crippen LogP contribution in [0.15, 0.2) is 6.20 Å². The maximum Gasteiger partial charge on any atom is 0.234 e. The van der Waals surface area contributed by atoms with Crippen LogP contribution in [-0.4, -0.2) is 37.7 Å². The van der Waals surface area contributed by atoms with E-state index in [0.29, 0.717) is 26.2 Å². The van der Waals surface area contributed by atoms with Gasteiger partial charge in [0.05, 0.1) is 24.7 Å². The first-order valence-corrected chi connectivity index (χ1v) is 5.91. The van der Waals surface area contributed by atoms with Gasteiger partial charge in [-0.3, -0.25) is 4.79 Å². The molecular formula is C10H19Cl2N3O2S. The number of aromatic nitrogens is 1. The zero-order valence-corrected chi connectivity index (χ0v) is 12.8. The fourth-order valence-electron chi connectivity index (χ4n) is 1.11. The number of halogens is 2. The number of rotatable bonds is 7. The number of hydrogen-bond acceptors (Lipinski definition) is 5. The molecule has 0 fully saturated rings. The van der Waals surface area contributed by atoms with E-state index in [1.165, 1.54) is 0 Å². The van der Waals surface area contributed by atoms with Crippen LogP contribution < -0.4 is 10.6 Å². The maximum atomic E-state index is 11.4. The van der Waals surface area contributed by atoms with Crippen molar-refractivity contribution in [3.8, 4) is 0 Å². The summed E-state index contributed by atoms with van der Waals surface area (Å²) >= 11 is 1.60. The number of nitrogens with one attached hydrogen (secondary N) is 2. The Morgan fingerprint density at radius 3 is 2.78 bits per heavy atom. The number of carbonyl (C=O) groups excluding carboxylic acids is 1. The van der Waals surface area contributed by atoms with E-state index < -0.39 is 0 Å². The lowest BCUT2D eigenvalue weighted by Crippen LogP contribution is -2.34. The third-order valence-electron chi connectivity index (χ3n) is 1.90. The van der Waals surface area contributed by atoms with Gasteiger partial charge < -0.3 is 15.4 Å². The van der Waals surface area contributed by atoms with E-state index in [1.54, 1.807) is 24.6 Å². The van der Waals surface area contributed by atoms with Gasteiger partial charge in [0.2, 0.25) is 5.91 Å². The highest BCUT2D eigenvalue weighted by Gasteiger charge is 2.02. The van der Waals surface area contributed by atoms with Gasteiger partial charge in [0.1, 0.15) is 0 Å². The molecule has 1 heterocycles. The molecule has 0 aliphatic rings. The quantitative estimate of drug-likeness (QED) is 0.741. The maximum absolute atomic E-state index is 11.4. The summed E-state index contributed by atoms with van der Waals surface area (Å²) in [6.45, 7) is 4.12. The van der Waals surface area contributed by atoms with Crippen molar-refractivity contribution in [1.82, 2.24) is 15.6 Å². The Kier molecular flexibility index (Phi) is 12.9. The van der Waals surface area contributed by atoms with Crippen molar-refractivity contribution < 1.29 is 9.53 Å². The molecule has 0 spiro atoms. The average molecular weight is 316 g/mol. The van der Waals surface area contributed by atoms with E-state index in [9.17, 15) is 4.79 Å². The van der Waals surface area contributed by atoms with Gasteiger partial charge in [-0.05, 0) is 6.92 Å². The van der Waals surface area contributed by atoms with Crippen LogP contribution in [-0.2, 0) is 16.1 Å². The minimum absolute atomic E-state index is 0. The summed E-state index contributed by atoms with van der Waals surface area (Å²) < 4.78 is 4.85. The minimum Gasteiger partial charge on any atom is -0.383 e. The highest BCUT2D eigenvalue weighted by Crippen LogP contribution is 2.10. The van der Waals surface area contributed by atoms with Crippen LogP contribution in [0.2, 0.25) is 0 Å². The lowest BCUT2D eigenvalue weighted by Gasteiger charge is -2.04. The Morgan fingerprint density at radius 1 is 1.50 bits per heavy atom. The second-order valence-corrected chi connectivity index (χ2v) is 4.61.